The van der Waals surface area contributed by atoms with Crippen molar-refractivity contribution in [1.29, 1.82) is 0 Å². The quantitative estimate of drug-likeness (QED) is 0.642. The number of rotatable bonds is 4. The standard InChI is InChI=1S/C15H22F2N4O/c1-18-15(20-9-13-10-21(2)5-6-22-13)19-8-11-7-12(16)3-4-14(11)17/h3-4,7,13H,5-6,8-10H2,1-2H3,(H2,18,19,20). The largest absolute Gasteiger partial charge is 0.374 e. The number of hydrogen-bond donors (Lipinski definition) is 2. The summed E-state index contributed by atoms with van der Waals surface area (Å²) in [5, 5.41) is 6.10. The van der Waals surface area contributed by atoms with Gasteiger partial charge < -0.3 is 20.3 Å². The zero-order valence-electron chi connectivity index (χ0n) is 12.9. The van der Waals surface area contributed by atoms with Crippen molar-refractivity contribution in [3.63, 3.8) is 0 Å². The minimum absolute atomic E-state index is 0.0863. The molecule has 0 spiro atoms. The molecule has 122 valence electrons. The van der Waals surface area contributed by atoms with Gasteiger partial charge >= 0.3 is 0 Å². The Bertz CT molecular complexity index is 524. The number of likely N-dealkylation sites (N-methyl/N-ethyl adjacent to an activating group) is 1. The number of nitrogens with one attached hydrogen (secondary N) is 2. The Morgan fingerprint density at radius 3 is 2.95 bits per heavy atom. The predicted octanol–water partition coefficient (Wildman–Crippen LogP) is 0.960. The summed E-state index contributed by atoms with van der Waals surface area (Å²) < 4.78 is 32.3. The van der Waals surface area contributed by atoms with E-state index < -0.39 is 11.6 Å². The van der Waals surface area contributed by atoms with Crippen molar-refractivity contribution in [3.8, 4) is 0 Å². The summed E-state index contributed by atoms with van der Waals surface area (Å²) in [4.78, 5) is 6.27. The van der Waals surface area contributed by atoms with Gasteiger partial charge in [0.05, 0.1) is 12.7 Å². The molecule has 2 rings (SSSR count). The van der Waals surface area contributed by atoms with Crippen molar-refractivity contribution in [2.45, 2.75) is 12.6 Å². The number of halogens is 2. The van der Waals surface area contributed by atoms with Gasteiger partial charge in [-0.3, -0.25) is 4.99 Å². The van der Waals surface area contributed by atoms with Crippen LogP contribution >= 0.6 is 0 Å². The lowest BCUT2D eigenvalue weighted by Crippen LogP contribution is -2.48. The molecule has 1 aromatic carbocycles. The van der Waals surface area contributed by atoms with Crippen LogP contribution in [0.25, 0.3) is 0 Å². The highest BCUT2D eigenvalue weighted by atomic mass is 19.1. The van der Waals surface area contributed by atoms with E-state index in [2.05, 4.69) is 27.6 Å². The van der Waals surface area contributed by atoms with Crippen LogP contribution in [0.3, 0.4) is 0 Å². The molecule has 1 fully saturated rings. The third-order valence-corrected chi connectivity index (χ3v) is 3.52. The number of benzene rings is 1. The molecule has 1 aliphatic heterocycles. The molecule has 0 aliphatic carbocycles. The van der Waals surface area contributed by atoms with Crippen molar-refractivity contribution < 1.29 is 13.5 Å². The molecular formula is C15H22F2N4O. The van der Waals surface area contributed by atoms with Crippen molar-refractivity contribution in [3.05, 3.63) is 35.4 Å². The summed E-state index contributed by atoms with van der Waals surface area (Å²) in [6.45, 7) is 3.26. The minimum Gasteiger partial charge on any atom is -0.374 e. The maximum absolute atomic E-state index is 13.6. The highest BCUT2D eigenvalue weighted by molar-refractivity contribution is 5.79. The normalized spacial score (nSPS) is 20.0. The first-order valence-electron chi connectivity index (χ1n) is 7.27. The molecule has 0 bridgehead atoms. The van der Waals surface area contributed by atoms with Crippen molar-refractivity contribution >= 4 is 5.96 Å². The average molecular weight is 312 g/mol. The van der Waals surface area contributed by atoms with E-state index in [9.17, 15) is 8.78 Å². The van der Waals surface area contributed by atoms with E-state index in [0.717, 1.165) is 25.2 Å². The van der Waals surface area contributed by atoms with Gasteiger partial charge in [-0.05, 0) is 25.2 Å². The van der Waals surface area contributed by atoms with Gasteiger partial charge in [0.15, 0.2) is 5.96 Å². The number of nitrogens with zero attached hydrogens (tertiary/aromatic N) is 2. The number of morpholine rings is 1. The Morgan fingerprint density at radius 1 is 1.41 bits per heavy atom. The van der Waals surface area contributed by atoms with E-state index in [1.54, 1.807) is 7.05 Å². The maximum Gasteiger partial charge on any atom is 0.191 e. The Morgan fingerprint density at radius 2 is 2.23 bits per heavy atom. The van der Waals surface area contributed by atoms with E-state index in [-0.39, 0.29) is 18.2 Å². The Labute approximate surface area is 129 Å². The van der Waals surface area contributed by atoms with Gasteiger partial charge in [-0.1, -0.05) is 0 Å². The SMILES string of the molecule is CN=C(NCc1cc(F)ccc1F)NCC1CN(C)CCO1. The molecule has 0 aromatic heterocycles. The summed E-state index contributed by atoms with van der Waals surface area (Å²) in [5.74, 6) is -0.373. The van der Waals surface area contributed by atoms with Crippen LogP contribution in [0.5, 0.6) is 0 Å². The fourth-order valence-electron chi connectivity index (χ4n) is 2.28. The third kappa shape index (κ3) is 4.92. The molecule has 5 nitrogen and oxygen atoms in total. The maximum atomic E-state index is 13.6. The molecule has 22 heavy (non-hydrogen) atoms. The Balaban J connectivity index is 1.81. The van der Waals surface area contributed by atoms with Crippen LogP contribution in [0.2, 0.25) is 0 Å². The summed E-state index contributed by atoms with van der Waals surface area (Å²) in [6.07, 6.45) is 0.0863. The van der Waals surface area contributed by atoms with Gasteiger partial charge in [0.2, 0.25) is 0 Å². The van der Waals surface area contributed by atoms with Gasteiger partial charge in [0, 0.05) is 38.8 Å². The summed E-state index contributed by atoms with van der Waals surface area (Å²) >= 11 is 0. The van der Waals surface area contributed by atoms with Gasteiger partial charge in [-0.15, -0.1) is 0 Å². The van der Waals surface area contributed by atoms with Crippen LogP contribution in [0.15, 0.2) is 23.2 Å². The lowest BCUT2D eigenvalue weighted by atomic mass is 10.2. The number of aliphatic imine (C=N–C) groups is 1. The molecule has 1 unspecified atom stereocenters. The highest BCUT2D eigenvalue weighted by Gasteiger charge is 2.17. The van der Waals surface area contributed by atoms with Crippen LogP contribution in [-0.4, -0.2) is 57.3 Å². The zero-order valence-corrected chi connectivity index (χ0v) is 12.9. The van der Waals surface area contributed by atoms with Crippen LogP contribution in [0, 0.1) is 11.6 Å². The summed E-state index contributed by atoms with van der Waals surface area (Å²) in [7, 11) is 3.68. The Kier molecular flexibility index (Phi) is 6.09. The third-order valence-electron chi connectivity index (χ3n) is 3.52. The topological polar surface area (TPSA) is 48.9 Å². The Hall–Kier alpha value is -1.73. The molecule has 1 aliphatic rings. The van der Waals surface area contributed by atoms with Gasteiger partial charge in [-0.25, -0.2) is 8.78 Å². The number of hydrogen-bond acceptors (Lipinski definition) is 3. The summed E-state index contributed by atoms with van der Waals surface area (Å²) in [5.41, 5.74) is 0.261. The smallest absolute Gasteiger partial charge is 0.191 e. The lowest BCUT2D eigenvalue weighted by molar-refractivity contribution is -0.0161. The second kappa shape index (κ2) is 8.05. The van der Waals surface area contributed by atoms with Crippen LogP contribution in [-0.2, 0) is 11.3 Å². The van der Waals surface area contributed by atoms with Gasteiger partial charge in [0.1, 0.15) is 11.6 Å². The average Bonchev–Trinajstić information content (AvgIpc) is 2.51. The molecule has 1 atom stereocenters. The first-order chi connectivity index (χ1) is 10.6. The molecule has 0 saturated carbocycles. The van der Waals surface area contributed by atoms with E-state index in [1.807, 2.05) is 0 Å². The first-order valence-corrected chi connectivity index (χ1v) is 7.27. The van der Waals surface area contributed by atoms with E-state index in [0.29, 0.717) is 19.1 Å². The molecule has 1 heterocycles. The minimum atomic E-state index is -0.459. The van der Waals surface area contributed by atoms with Crippen molar-refractivity contribution in [2.24, 2.45) is 4.99 Å². The molecule has 0 amide bonds. The first kappa shape index (κ1) is 16.6. The lowest BCUT2D eigenvalue weighted by Gasteiger charge is -2.30. The zero-order chi connectivity index (χ0) is 15.9. The summed E-state index contributed by atoms with van der Waals surface area (Å²) in [6, 6.07) is 3.39. The van der Waals surface area contributed by atoms with Crippen LogP contribution in [0.4, 0.5) is 8.78 Å². The fourth-order valence-corrected chi connectivity index (χ4v) is 2.28. The van der Waals surface area contributed by atoms with E-state index in [4.69, 9.17) is 4.74 Å². The predicted molar refractivity (Wildman–Crippen MR) is 81.8 cm³/mol. The van der Waals surface area contributed by atoms with Crippen molar-refractivity contribution in [2.75, 3.05) is 40.3 Å². The molecule has 2 N–H and O–H groups in total. The van der Waals surface area contributed by atoms with Crippen LogP contribution in [0.1, 0.15) is 5.56 Å². The molecule has 7 heteroatoms. The molecule has 1 saturated heterocycles. The fraction of sp³-hybridized carbons (Fsp3) is 0.533. The number of guanidine groups is 1. The van der Waals surface area contributed by atoms with Gasteiger partial charge in [0.25, 0.3) is 0 Å². The molecular weight excluding hydrogens is 290 g/mol. The second-order valence-electron chi connectivity index (χ2n) is 5.30. The number of ether oxygens (including phenoxy) is 1. The van der Waals surface area contributed by atoms with E-state index >= 15 is 0 Å². The molecule has 0 radical (unpaired) electrons. The monoisotopic (exact) mass is 312 g/mol. The second-order valence-corrected chi connectivity index (χ2v) is 5.30. The van der Waals surface area contributed by atoms with E-state index in [1.165, 1.54) is 6.07 Å². The van der Waals surface area contributed by atoms with Crippen molar-refractivity contribution in [1.82, 2.24) is 15.5 Å². The van der Waals surface area contributed by atoms with Crippen LogP contribution < -0.4 is 10.6 Å². The van der Waals surface area contributed by atoms with Gasteiger partial charge in [-0.2, -0.15) is 0 Å². The molecule has 1 aromatic rings. The highest BCUT2D eigenvalue weighted by Crippen LogP contribution is 2.09.